The van der Waals surface area contributed by atoms with E-state index < -0.39 is 0 Å². The van der Waals surface area contributed by atoms with Gasteiger partial charge in [0.25, 0.3) is 0 Å². The van der Waals surface area contributed by atoms with Crippen molar-refractivity contribution in [2.24, 2.45) is 0 Å². The summed E-state index contributed by atoms with van der Waals surface area (Å²) in [5.41, 5.74) is 0. The minimum absolute atomic E-state index is 0.0390. The average Bonchev–Trinajstić information content (AvgIpc) is 2.25. The van der Waals surface area contributed by atoms with Gasteiger partial charge in [-0.05, 0) is 7.05 Å². The maximum absolute atomic E-state index is 11.0. The highest BCUT2D eigenvalue weighted by Gasteiger charge is 1.98. The molecule has 0 aromatic carbocycles. The minimum Gasteiger partial charge on any atom is -0.355 e. The van der Waals surface area contributed by atoms with Crippen LogP contribution in [-0.4, -0.2) is 43.8 Å². The standard InChI is InChI=1S/C9H18N2O2S2/c1-10-4-7-14-15-8-5-11-9(13)3-2-6-12/h6,10H,2-5,7-8H2,1H3,(H,11,13). The molecule has 0 aromatic heterocycles. The Morgan fingerprint density at radius 3 is 2.53 bits per heavy atom. The van der Waals surface area contributed by atoms with Crippen LogP contribution in [0.15, 0.2) is 0 Å². The molecule has 0 saturated carbocycles. The van der Waals surface area contributed by atoms with E-state index in [0.717, 1.165) is 24.3 Å². The monoisotopic (exact) mass is 250 g/mol. The van der Waals surface area contributed by atoms with Crippen LogP contribution in [0.4, 0.5) is 0 Å². The third kappa shape index (κ3) is 11.7. The van der Waals surface area contributed by atoms with E-state index >= 15 is 0 Å². The molecule has 0 rings (SSSR count). The highest BCUT2D eigenvalue weighted by atomic mass is 33.1. The Kier molecular flexibility index (Phi) is 11.7. The lowest BCUT2D eigenvalue weighted by molar-refractivity contribution is -0.122. The highest BCUT2D eigenvalue weighted by Crippen LogP contribution is 2.19. The fraction of sp³-hybridized carbons (Fsp3) is 0.778. The van der Waals surface area contributed by atoms with Gasteiger partial charge in [0.15, 0.2) is 0 Å². The zero-order valence-corrected chi connectivity index (χ0v) is 10.6. The number of hydrogen-bond acceptors (Lipinski definition) is 5. The number of rotatable bonds is 10. The van der Waals surface area contributed by atoms with Crippen LogP contribution in [0.5, 0.6) is 0 Å². The first-order valence-corrected chi connectivity index (χ1v) is 7.39. The lowest BCUT2D eigenvalue weighted by Gasteiger charge is -2.03. The molecule has 4 nitrogen and oxygen atoms in total. The Bertz CT molecular complexity index is 179. The summed E-state index contributed by atoms with van der Waals surface area (Å²) in [4.78, 5) is 21.0. The molecule has 0 fully saturated rings. The van der Waals surface area contributed by atoms with Gasteiger partial charge in [-0.2, -0.15) is 0 Å². The maximum atomic E-state index is 11.0. The maximum Gasteiger partial charge on any atom is 0.220 e. The molecule has 6 heteroatoms. The van der Waals surface area contributed by atoms with E-state index in [1.54, 1.807) is 21.6 Å². The van der Waals surface area contributed by atoms with Crippen LogP contribution in [0.25, 0.3) is 0 Å². The van der Waals surface area contributed by atoms with Gasteiger partial charge in [0.05, 0.1) is 0 Å². The molecule has 2 N–H and O–H groups in total. The quantitative estimate of drug-likeness (QED) is 0.339. The zero-order valence-electron chi connectivity index (χ0n) is 8.95. The third-order valence-electron chi connectivity index (χ3n) is 1.52. The van der Waals surface area contributed by atoms with Crippen LogP contribution in [0.1, 0.15) is 12.8 Å². The molecule has 88 valence electrons. The van der Waals surface area contributed by atoms with E-state index in [1.165, 1.54) is 0 Å². The Labute approximate surface area is 98.7 Å². The summed E-state index contributed by atoms with van der Waals surface area (Å²) in [7, 11) is 5.47. The molecule has 0 unspecified atom stereocenters. The normalized spacial score (nSPS) is 9.93. The van der Waals surface area contributed by atoms with E-state index in [0.29, 0.717) is 19.4 Å². The van der Waals surface area contributed by atoms with E-state index in [4.69, 9.17) is 0 Å². The van der Waals surface area contributed by atoms with Gasteiger partial charge >= 0.3 is 0 Å². The molecular formula is C9H18N2O2S2. The zero-order chi connectivity index (χ0) is 11.4. The lowest BCUT2D eigenvalue weighted by atomic mass is 10.3. The number of hydrogen-bond donors (Lipinski definition) is 2. The van der Waals surface area contributed by atoms with Crippen LogP contribution in [-0.2, 0) is 9.59 Å². The fourth-order valence-corrected chi connectivity index (χ4v) is 2.69. The van der Waals surface area contributed by atoms with Gasteiger partial charge in [-0.25, -0.2) is 0 Å². The van der Waals surface area contributed by atoms with Gasteiger partial charge in [0, 0.05) is 37.4 Å². The molecule has 1 amide bonds. The van der Waals surface area contributed by atoms with Gasteiger partial charge in [-0.3, -0.25) is 4.79 Å². The molecule has 0 radical (unpaired) electrons. The second-order valence-corrected chi connectivity index (χ2v) is 5.50. The second-order valence-electron chi connectivity index (χ2n) is 2.80. The van der Waals surface area contributed by atoms with Gasteiger partial charge in [-0.1, -0.05) is 21.6 Å². The van der Waals surface area contributed by atoms with Crippen molar-refractivity contribution in [2.45, 2.75) is 12.8 Å². The molecule has 0 saturated heterocycles. The van der Waals surface area contributed by atoms with Crippen molar-refractivity contribution in [3.05, 3.63) is 0 Å². The molecule has 15 heavy (non-hydrogen) atoms. The van der Waals surface area contributed by atoms with Crippen molar-refractivity contribution in [3.8, 4) is 0 Å². The predicted molar refractivity (Wildman–Crippen MR) is 67.2 cm³/mol. The van der Waals surface area contributed by atoms with Gasteiger partial charge in [0.1, 0.15) is 6.29 Å². The topological polar surface area (TPSA) is 58.2 Å². The van der Waals surface area contributed by atoms with E-state index in [9.17, 15) is 9.59 Å². The van der Waals surface area contributed by atoms with E-state index in [-0.39, 0.29) is 5.91 Å². The molecule has 0 atom stereocenters. The first kappa shape index (κ1) is 14.8. The molecular weight excluding hydrogens is 232 g/mol. The summed E-state index contributed by atoms with van der Waals surface area (Å²) in [6, 6.07) is 0. The largest absolute Gasteiger partial charge is 0.355 e. The summed E-state index contributed by atoms with van der Waals surface area (Å²) in [5, 5.41) is 5.82. The Morgan fingerprint density at radius 1 is 1.27 bits per heavy atom. The van der Waals surface area contributed by atoms with E-state index in [2.05, 4.69) is 10.6 Å². The van der Waals surface area contributed by atoms with E-state index in [1.807, 2.05) is 7.05 Å². The first-order chi connectivity index (χ1) is 7.31. The molecule has 0 aromatic rings. The van der Waals surface area contributed by atoms with Gasteiger partial charge in [-0.15, -0.1) is 0 Å². The molecule has 0 bridgehead atoms. The number of carbonyl (C=O) groups excluding carboxylic acids is 2. The summed E-state index contributed by atoms with van der Waals surface area (Å²) in [6.45, 7) is 1.68. The Balaban J connectivity index is 3.09. The first-order valence-electron chi connectivity index (χ1n) is 4.90. The smallest absolute Gasteiger partial charge is 0.220 e. The Morgan fingerprint density at radius 2 is 1.93 bits per heavy atom. The fourth-order valence-electron chi connectivity index (χ4n) is 0.772. The number of carbonyl (C=O) groups is 2. The summed E-state index contributed by atoms with van der Waals surface area (Å²) in [5.74, 6) is 1.93. The van der Waals surface area contributed by atoms with Crippen molar-refractivity contribution in [1.29, 1.82) is 0 Å². The molecule has 0 aliphatic heterocycles. The van der Waals surface area contributed by atoms with Crippen molar-refractivity contribution in [2.75, 3.05) is 31.6 Å². The molecule has 0 aliphatic rings. The third-order valence-corrected chi connectivity index (χ3v) is 3.92. The van der Waals surface area contributed by atoms with Gasteiger partial charge in [0.2, 0.25) is 5.91 Å². The summed E-state index contributed by atoms with van der Waals surface area (Å²) in [6.07, 6.45) is 1.39. The van der Waals surface area contributed by atoms with Crippen molar-refractivity contribution < 1.29 is 9.59 Å². The summed E-state index contributed by atoms with van der Waals surface area (Å²) < 4.78 is 0. The molecule has 0 spiro atoms. The van der Waals surface area contributed by atoms with Gasteiger partial charge < -0.3 is 15.4 Å². The number of amides is 1. The van der Waals surface area contributed by atoms with Crippen molar-refractivity contribution >= 4 is 33.8 Å². The van der Waals surface area contributed by atoms with Crippen LogP contribution in [0, 0.1) is 0 Å². The molecule has 0 aliphatic carbocycles. The van der Waals surface area contributed by atoms with Crippen molar-refractivity contribution in [3.63, 3.8) is 0 Å². The SMILES string of the molecule is CNCCSSCCNC(=O)CCC=O. The minimum atomic E-state index is -0.0390. The average molecular weight is 250 g/mol. The van der Waals surface area contributed by atoms with Crippen LogP contribution >= 0.6 is 21.6 Å². The Hall–Kier alpha value is -0.200. The second kappa shape index (κ2) is 11.9. The number of nitrogens with one attached hydrogen (secondary N) is 2. The van der Waals surface area contributed by atoms with Crippen LogP contribution in [0.2, 0.25) is 0 Å². The highest BCUT2D eigenvalue weighted by molar-refractivity contribution is 8.76. The summed E-state index contributed by atoms with van der Waals surface area (Å²) >= 11 is 0. The van der Waals surface area contributed by atoms with Crippen LogP contribution < -0.4 is 10.6 Å². The van der Waals surface area contributed by atoms with Crippen LogP contribution in [0.3, 0.4) is 0 Å². The van der Waals surface area contributed by atoms with Crippen molar-refractivity contribution in [1.82, 2.24) is 10.6 Å². The lowest BCUT2D eigenvalue weighted by Crippen LogP contribution is -2.25. The number of aldehydes is 1. The predicted octanol–water partition coefficient (Wildman–Crippen LogP) is 0.682. The molecule has 0 heterocycles.